The SMILES string of the molecule is CC1Sc2cc(Cl)ccc2C1C. The lowest BCUT2D eigenvalue weighted by atomic mass is 9.99. The highest BCUT2D eigenvalue weighted by Crippen LogP contribution is 2.45. The van der Waals surface area contributed by atoms with Gasteiger partial charge in [-0.05, 0) is 23.6 Å². The Kier molecular flexibility index (Phi) is 2.09. The van der Waals surface area contributed by atoms with Crippen molar-refractivity contribution in [1.29, 1.82) is 0 Å². The van der Waals surface area contributed by atoms with Crippen LogP contribution in [0.1, 0.15) is 25.3 Å². The first-order chi connectivity index (χ1) is 5.68. The van der Waals surface area contributed by atoms with Crippen LogP contribution in [-0.4, -0.2) is 5.25 Å². The number of hydrogen-bond acceptors (Lipinski definition) is 1. The summed E-state index contributed by atoms with van der Waals surface area (Å²) in [7, 11) is 0. The first kappa shape index (κ1) is 8.46. The molecular weight excluding hydrogens is 188 g/mol. The van der Waals surface area contributed by atoms with Gasteiger partial charge in [0.25, 0.3) is 0 Å². The Morgan fingerprint density at radius 2 is 2.08 bits per heavy atom. The van der Waals surface area contributed by atoms with Crippen LogP contribution in [0, 0.1) is 0 Å². The van der Waals surface area contributed by atoms with Gasteiger partial charge in [0.05, 0.1) is 0 Å². The van der Waals surface area contributed by atoms with Gasteiger partial charge in [-0.15, -0.1) is 11.8 Å². The van der Waals surface area contributed by atoms with Crippen LogP contribution in [0.2, 0.25) is 5.02 Å². The summed E-state index contributed by atoms with van der Waals surface area (Å²) in [5, 5.41) is 1.54. The van der Waals surface area contributed by atoms with E-state index < -0.39 is 0 Å². The number of halogens is 1. The highest BCUT2D eigenvalue weighted by molar-refractivity contribution is 8.00. The average molecular weight is 199 g/mol. The summed E-state index contributed by atoms with van der Waals surface area (Å²) in [6.45, 7) is 4.54. The monoisotopic (exact) mass is 198 g/mol. The Labute approximate surface area is 82.3 Å². The fraction of sp³-hybridized carbons (Fsp3) is 0.400. The topological polar surface area (TPSA) is 0 Å². The number of benzene rings is 1. The molecule has 0 radical (unpaired) electrons. The minimum atomic E-state index is 0.669. The quantitative estimate of drug-likeness (QED) is 0.609. The van der Waals surface area contributed by atoms with Crippen molar-refractivity contribution in [1.82, 2.24) is 0 Å². The van der Waals surface area contributed by atoms with E-state index in [2.05, 4.69) is 26.0 Å². The van der Waals surface area contributed by atoms with E-state index in [-0.39, 0.29) is 0 Å². The third kappa shape index (κ3) is 1.25. The molecule has 0 saturated heterocycles. The van der Waals surface area contributed by atoms with Gasteiger partial charge in [-0.1, -0.05) is 31.5 Å². The van der Waals surface area contributed by atoms with Crippen molar-refractivity contribution in [3.05, 3.63) is 28.8 Å². The van der Waals surface area contributed by atoms with E-state index in [1.54, 1.807) is 0 Å². The van der Waals surface area contributed by atoms with Gasteiger partial charge in [-0.3, -0.25) is 0 Å². The molecule has 0 nitrogen and oxygen atoms in total. The Hall–Kier alpha value is -0.140. The van der Waals surface area contributed by atoms with Crippen molar-refractivity contribution in [2.45, 2.75) is 29.9 Å². The van der Waals surface area contributed by atoms with Crippen LogP contribution in [0.25, 0.3) is 0 Å². The minimum Gasteiger partial charge on any atom is -0.122 e. The third-order valence-electron chi connectivity index (χ3n) is 2.48. The molecule has 0 spiro atoms. The first-order valence-corrected chi connectivity index (χ1v) is 5.40. The molecule has 1 heterocycles. The van der Waals surface area contributed by atoms with Crippen molar-refractivity contribution in [2.24, 2.45) is 0 Å². The van der Waals surface area contributed by atoms with Crippen LogP contribution in [0.15, 0.2) is 23.1 Å². The Balaban J connectivity index is 2.47. The maximum atomic E-state index is 5.91. The van der Waals surface area contributed by atoms with E-state index in [4.69, 9.17) is 11.6 Å². The standard InChI is InChI=1S/C10H11ClS/c1-6-7(2)12-10-5-8(11)3-4-9(6)10/h3-7H,1-2H3. The Bertz CT molecular complexity index is 309. The van der Waals surface area contributed by atoms with Gasteiger partial charge in [0.2, 0.25) is 0 Å². The smallest absolute Gasteiger partial charge is 0.0417 e. The van der Waals surface area contributed by atoms with Crippen molar-refractivity contribution < 1.29 is 0 Å². The molecule has 1 aromatic rings. The van der Waals surface area contributed by atoms with Crippen LogP contribution in [-0.2, 0) is 0 Å². The Morgan fingerprint density at radius 1 is 1.33 bits per heavy atom. The first-order valence-electron chi connectivity index (χ1n) is 4.14. The molecule has 0 saturated carbocycles. The molecule has 0 bridgehead atoms. The summed E-state index contributed by atoms with van der Waals surface area (Å²) in [6, 6.07) is 6.20. The van der Waals surface area contributed by atoms with Crippen molar-refractivity contribution in [3.63, 3.8) is 0 Å². The highest BCUT2D eigenvalue weighted by atomic mass is 35.5. The molecule has 2 rings (SSSR count). The molecule has 2 unspecified atom stereocenters. The molecule has 12 heavy (non-hydrogen) atoms. The van der Waals surface area contributed by atoms with Crippen LogP contribution in [0.3, 0.4) is 0 Å². The molecule has 1 aliphatic heterocycles. The average Bonchev–Trinajstić information content (AvgIpc) is 2.28. The lowest BCUT2D eigenvalue weighted by molar-refractivity contribution is 0.762. The predicted octanol–water partition coefficient (Wildman–Crippen LogP) is 3.94. The molecule has 1 aliphatic rings. The van der Waals surface area contributed by atoms with Crippen LogP contribution >= 0.6 is 23.4 Å². The summed E-state index contributed by atoms with van der Waals surface area (Å²) in [4.78, 5) is 1.36. The zero-order valence-corrected chi connectivity index (χ0v) is 8.75. The summed E-state index contributed by atoms with van der Waals surface area (Å²) in [5.41, 5.74) is 1.46. The molecule has 0 amide bonds. The molecule has 0 N–H and O–H groups in total. The van der Waals surface area contributed by atoms with Crippen LogP contribution < -0.4 is 0 Å². The van der Waals surface area contributed by atoms with Crippen LogP contribution in [0.4, 0.5) is 0 Å². The van der Waals surface area contributed by atoms with E-state index in [0.717, 1.165) is 5.02 Å². The fourth-order valence-corrected chi connectivity index (χ4v) is 3.11. The molecule has 0 aromatic heterocycles. The highest BCUT2D eigenvalue weighted by Gasteiger charge is 2.26. The van der Waals surface area contributed by atoms with E-state index in [1.807, 2.05) is 17.8 Å². The molecule has 64 valence electrons. The molecule has 1 aromatic carbocycles. The maximum Gasteiger partial charge on any atom is 0.0417 e. The summed E-state index contributed by atoms with van der Waals surface area (Å²) in [6.07, 6.45) is 0. The lowest BCUT2D eigenvalue weighted by Gasteiger charge is -2.07. The molecule has 2 atom stereocenters. The molecular formula is C10H11ClS. The van der Waals surface area contributed by atoms with E-state index in [9.17, 15) is 0 Å². The van der Waals surface area contributed by atoms with E-state index in [0.29, 0.717) is 11.2 Å². The molecule has 2 heteroatoms. The van der Waals surface area contributed by atoms with Gasteiger partial charge >= 0.3 is 0 Å². The Morgan fingerprint density at radius 3 is 2.83 bits per heavy atom. The third-order valence-corrected chi connectivity index (χ3v) is 4.11. The number of fused-ring (bicyclic) bond motifs is 1. The number of hydrogen-bond donors (Lipinski definition) is 0. The summed E-state index contributed by atoms with van der Waals surface area (Å²) < 4.78 is 0. The second kappa shape index (κ2) is 2.97. The molecule has 0 aliphatic carbocycles. The minimum absolute atomic E-state index is 0.669. The van der Waals surface area contributed by atoms with E-state index in [1.165, 1.54) is 10.5 Å². The summed E-state index contributed by atoms with van der Waals surface area (Å²) in [5.74, 6) is 0.669. The maximum absolute atomic E-state index is 5.91. The number of thioether (sulfide) groups is 1. The zero-order chi connectivity index (χ0) is 8.72. The van der Waals surface area contributed by atoms with Crippen LogP contribution in [0.5, 0.6) is 0 Å². The van der Waals surface area contributed by atoms with Crippen molar-refractivity contribution in [3.8, 4) is 0 Å². The van der Waals surface area contributed by atoms with Gasteiger partial charge in [-0.2, -0.15) is 0 Å². The van der Waals surface area contributed by atoms with Gasteiger partial charge < -0.3 is 0 Å². The van der Waals surface area contributed by atoms with Gasteiger partial charge in [-0.25, -0.2) is 0 Å². The van der Waals surface area contributed by atoms with Gasteiger partial charge in [0.1, 0.15) is 0 Å². The fourth-order valence-electron chi connectivity index (χ4n) is 1.54. The number of rotatable bonds is 0. The van der Waals surface area contributed by atoms with Crippen molar-refractivity contribution >= 4 is 23.4 Å². The van der Waals surface area contributed by atoms with Gasteiger partial charge in [0.15, 0.2) is 0 Å². The lowest BCUT2D eigenvalue weighted by Crippen LogP contribution is -1.99. The van der Waals surface area contributed by atoms with Gasteiger partial charge in [0, 0.05) is 15.2 Å². The van der Waals surface area contributed by atoms with E-state index >= 15 is 0 Å². The normalized spacial score (nSPS) is 27.2. The second-order valence-corrected chi connectivity index (χ2v) is 5.15. The molecule has 0 fully saturated rings. The zero-order valence-electron chi connectivity index (χ0n) is 7.17. The summed E-state index contributed by atoms with van der Waals surface area (Å²) >= 11 is 7.83. The largest absolute Gasteiger partial charge is 0.122 e. The second-order valence-electron chi connectivity index (χ2n) is 3.29. The predicted molar refractivity (Wildman–Crippen MR) is 55.2 cm³/mol. The van der Waals surface area contributed by atoms with Crippen molar-refractivity contribution in [2.75, 3.05) is 0 Å².